The van der Waals surface area contributed by atoms with Crippen LogP contribution in [0, 0.1) is 6.92 Å². The number of hydrogen-bond acceptors (Lipinski definition) is 3. The van der Waals surface area contributed by atoms with Crippen LogP contribution in [0.15, 0.2) is 47.6 Å². The van der Waals surface area contributed by atoms with Crippen LogP contribution >= 0.6 is 0 Å². The lowest BCUT2D eigenvalue weighted by Gasteiger charge is -2.12. The normalized spacial score (nSPS) is 11.6. The molecular formula is C22H28N4O2. The van der Waals surface area contributed by atoms with Crippen LogP contribution in [0.3, 0.4) is 0 Å². The van der Waals surface area contributed by atoms with Crippen molar-refractivity contribution >= 4 is 16.9 Å². The van der Waals surface area contributed by atoms with Crippen molar-refractivity contribution in [3.05, 3.63) is 59.3 Å². The number of benzene rings is 2. The number of methoxy groups -OCH3 is 1. The molecule has 0 spiro atoms. The highest BCUT2D eigenvalue weighted by Crippen LogP contribution is 2.29. The Labute approximate surface area is 165 Å². The molecule has 28 heavy (non-hydrogen) atoms. The molecule has 0 aliphatic carbocycles. The first kappa shape index (κ1) is 19.6. The maximum absolute atomic E-state index is 10.2. The van der Waals surface area contributed by atoms with Gasteiger partial charge in [0.25, 0.3) is 0 Å². The molecule has 3 aromatic rings. The molecule has 0 amide bonds. The molecule has 6 nitrogen and oxygen atoms in total. The Morgan fingerprint density at radius 1 is 1.14 bits per heavy atom. The maximum Gasteiger partial charge on any atom is 0.191 e. The summed E-state index contributed by atoms with van der Waals surface area (Å²) in [7, 11) is 1.54. The molecule has 4 N–H and O–H groups in total. The third kappa shape index (κ3) is 4.39. The molecular weight excluding hydrogens is 352 g/mol. The van der Waals surface area contributed by atoms with E-state index in [1.54, 1.807) is 13.2 Å². The number of aromatic amines is 1. The summed E-state index contributed by atoms with van der Waals surface area (Å²) in [5.74, 6) is 1.32. The van der Waals surface area contributed by atoms with Crippen molar-refractivity contribution in [3.8, 4) is 11.5 Å². The van der Waals surface area contributed by atoms with Gasteiger partial charge in [0.15, 0.2) is 17.5 Å². The molecule has 2 aromatic carbocycles. The van der Waals surface area contributed by atoms with Crippen LogP contribution in [-0.2, 0) is 13.0 Å². The van der Waals surface area contributed by atoms with E-state index in [9.17, 15) is 5.11 Å². The van der Waals surface area contributed by atoms with Gasteiger partial charge in [0, 0.05) is 35.8 Å². The van der Waals surface area contributed by atoms with Crippen molar-refractivity contribution in [3.63, 3.8) is 0 Å². The molecule has 0 bridgehead atoms. The monoisotopic (exact) mass is 380 g/mol. The van der Waals surface area contributed by atoms with Crippen molar-refractivity contribution in [2.45, 2.75) is 26.8 Å². The van der Waals surface area contributed by atoms with E-state index < -0.39 is 0 Å². The first-order chi connectivity index (χ1) is 13.6. The fourth-order valence-corrected chi connectivity index (χ4v) is 3.25. The van der Waals surface area contributed by atoms with Gasteiger partial charge in [-0.25, -0.2) is 4.99 Å². The van der Waals surface area contributed by atoms with Crippen molar-refractivity contribution < 1.29 is 9.84 Å². The van der Waals surface area contributed by atoms with Crippen LogP contribution in [0.5, 0.6) is 11.5 Å². The highest BCUT2D eigenvalue weighted by molar-refractivity contribution is 5.86. The zero-order valence-corrected chi connectivity index (χ0v) is 16.7. The molecule has 148 valence electrons. The summed E-state index contributed by atoms with van der Waals surface area (Å²) in [5.41, 5.74) is 4.47. The average Bonchev–Trinajstić information content (AvgIpc) is 3.11. The highest BCUT2D eigenvalue weighted by Gasteiger charge is 2.08. The number of nitrogens with one attached hydrogen (secondary N) is 3. The summed E-state index contributed by atoms with van der Waals surface area (Å²) in [6, 6.07) is 11.8. The standard InChI is InChI=1S/C22H28N4O2/c1-4-23-22(26-14-17-8-6-10-19(28-3)21(17)27)24-12-11-16-13-25-20-15(2)7-5-9-18(16)20/h5-10,13,25,27H,4,11-12,14H2,1-3H3,(H2,23,24,26). The number of hydrogen-bond donors (Lipinski definition) is 4. The number of aromatic nitrogens is 1. The number of guanidine groups is 1. The molecule has 0 atom stereocenters. The summed E-state index contributed by atoms with van der Waals surface area (Å²) in [5, 5.41) is 18.1. The third-order valence-corrected chi connectivity index (χ3v) is 4.75. The number of para-hydroxylation sites is 2. The van der Waals surface area contributed by atoms with Crippen LogP contribution in [0.1, 0.15) is 23.6 Å². The zero-order valence-electron chi connectivity index (χ0n) is 16.7. The number of aromatic hydroxyl groups is 1. The second kappa shape index (κ2) is 9.17. The van der Waals surface area contributed by atoms with Gasteiger partial charge in [0.2, 0.25) is 0 Å². The van der Waals surface area contributed by atoms with E-state index in [0.717, 1.165) is 31.0 Å². The average molecular weight is 380 g/mol. The van der Waals surface area contributed by atoms with Gasteiger partial charge in [-0.1, -0.05) is 30.3 Å². The molecule has 3 rings (SSSR count). The van der Waals surface area contributed by atoms with E-state index in [4.69, 9.17) is 4.74 Å². The number of phenolic OH excluding ortho intramolecular Hbond substituents is 1. The van der Waals surface area contributed by atoms with Gasteiger partial charge in [-0.15, -0.1) is 0 Å². The van der Waals surface area contributed by atoms with E-state index in [1.165, 1.54) is 22.0 Å². The number of aliphatic imine (C=N–C) groups is 1. The first-order valence-corrected chi connectivity index (χ1v) is 9.56. The Kier molecular flexibility index (Phi) is 6.42. The smallest absolute Gasteiger partial charge is 0.191 e. The van der Waals surface area contributed by atoms with Gasteiger partial charge in [0.05, 0.1) is 13.7 Å². The van der Waals surface area contributed by atoms with Crippen LogP contribution in [0.2, 0.25) is 0 Å². The summed E-state index contributed by atoms with van der Waals surface area (Å²) in [4.78, 5) is 7.96. The number of H-pyrrole nitrogens is 1. The minimum absolute atomic E-state index is 0.138. The van der Waals surface area contributed by atoms with Crippen molar-refractivity contribution in [2.24, 2.45) is 4.99 Å². The Balaban J connectivity index is 1.64. The number of fused-ring (bicyclic) bond motifs is 1. The van der Waals surface area contributed by atoms with Gasteiger partial charge < -0.3 is 25.5 Å². The minimum atomic E-state index is 0.138. The molecule has 0 fully saturated rings. The van der Waals surface area contributed by atoms with Crippen LogP contribution < -0.4 is 15.4 Å². The van der Waals surface area contributed by atoms with E-state index in [2.05, 4.69) is 51.9 Å². The molecule has 0 unspecified atom stereocenters. The molecule has 1 heterocycles. The number of ether oxygens (including phenoxy) is 1. The quantitative estimate of drug-likeness (QED) is 0.374. The van der Waals surface area contributed by atoms with Crippen molar-refractivity contribution in [1.29, 1.82) is 0 Å². The van der Waals surface area contributed by atoms with E-state index in [0.29, 0.717) is 12.3 Å². The second-order valence-electron chi connectivity index (χ2n) is 6.65. The summed E-state index contributed by atoms with van der Waals surface area (Å²) >= 11 is 0. The molecule has 0 radical (unpaired) electrons. The van der Waals surface area contributed by atoms with E-state index in [-0.39, 0.29) is 5.75 Å². The predicted molar refractivity (Wildman–Crippen MR) is 114 cm³/mol. The Bertz CT molecular complexity index is 962. The molecule has 6 heteroatoms. The highest BCUT2D eigenvalue weighted by atomic mass is 16.5. The largest absolute Gasteiger partial charge is 0.504 e. The fraction of sp³-hybridized carbons (Fsp3) is 0.318. The summed E-state index contributed by atoms with van der Waals surface area (Å²) in [6.45, 7) is 6.04. The first-order valence-electron chi connectivity index (χ1n) is 9.56. The van der Waals surface area contributed by atoms with Gasteiger partial charge >= 0.3 is 0 Å². The molecule has 1 aromatic heterocycles. The SMILES string of the molecule is CCNC(=NCc1cccc(OC)c1O)NCCc1c[nH]c2c(C)cccc12. The topological polar surface area (TPSA) is 81.7 Å². The fourth-order valence-electron chi connectivity index (χ4n) is 3.25. The van der Waals surface area contributed by atoms with Gasteiger partial charge in [-0.2, -0.15) is 0 Å². The van der Waals surface area contributed by atoms with Crippen LogP contribution in [-0.4, -0.2) is 36.2 Å². The number of phenols is 1. The predicted octanol–water partition coefficient (Wildman–Crippen LogP) is 3.49. The molecule has 0 saturated heterocycles. The summed E-state index contributed by atoms with van der Waals surface area (Å²) < 4.78 is 5.16. The van der Waals surface area contributed by atoms with E-state index in [1.807, 2.05) is 19.1 Å². The lowest BCUT2D eigenvalue weighted by atomic mass is 10.1. The molecule has 0 saturated carbocycles. The van der Waals surface area contributed by atoms with Crippen LogP contribution in [0.25, 0.3) is 10.9 Å². The van der Waals surface area contributed by atoms with Crippen molar-refractivity contribution in [1.82, 2.24) is 15.6 Å². The second-order valence-corrected chi connectivity index (χ2v) is 6.65. The Hall–Kier alpha value is -3.15. The lowest BCUT2D eigenvalue weighted by molar-refractivity contribution is 0.370. The van der Waals surface area contributed by atoms with Gasteiger partial charge in [-0.05, 0) is 37.5 Å². The minimum Gasteiger partial charge on any atom is -0.504 e. The maximum atomic E-state index is 10.2. The van der Waals surface area contributed by atoms with Crippen LogP contribution in [0.4, 0.5) is 0 Å². The Morgan fingerprint density at radius 3 is 2.75 bits per heavy atom. The lowest BCUT2D eigenvalue weighted by Crippen LogP contribution is -2.38. The molecule has 0 aliphatic rings. The number of aryl methyl sites for hydroxylation is 1. The number of rotatable bonds is 7. The number of nitrogens with zero attached hydrogens (tertiary/aromatic N) is 1. The third-order valence-electron chi connectivity index (χ3n) is 4.75. The van der Waals surface area contributed by atoms with Gasteiger partial charge in [0.1, 0.15) is 0 Å². The summed E-state index contributed by atoms with van der Waals surface area (Å²) in [6.07, 6.45) is 2.97. The van der Waals surface area contributed by atoms with E-state index >= 15 is 0 Å². The Morgan fingerprint density at radius 2 is 1.96 bits per heavy atom. The molecule has 0 aliphatic heterocycles. The van der Waals surface area contributed by atoms with Gasteiger partial charge in [-0.3, -0.25) is 0 Å². The zero-order chi connectivity index (χ0) is 19.9. The van der Waals surface area contributed by atoms with Crippen molar-refractivity contribution in [2.75, 3.05) is 20.2 Å².